The van der Waals surface area contributed by atoms with E-state index in [1.165, 1.54) is 0 Å². The standard InChI is InChI=1S/C27H28N4O4/c1-17-14-18(21-6-4-5-7-22(21)28-17)15-35-20-10-8-19(9-11-20)26(2)12-13-31(24(26)33)16-27(3)23(32)29-25(34)30-27/h4-11,14H,12-13,15-16H2,1-3H3,(H2,29,30,32,34). The van der Waals surface area contributed by atoms with Gasteiger partial charge in [0.2, 0.25) is 5.91 Å². The number of likely N-dealkylation sites (tertiary alicyclic amines) is 1. The van der Waals surface area contributed by atoms with Gasteiger partial charge in [-0.05, 0) is 57.0 Å². The fourth-order valence-electron chi connectivity index (χ4n) is 5.00. The molecular weight excluding hydrogens is 444 g/mol. The monoisotopic (exact) mass is 472 g/mol. The summed E-state index contributed by atoms with van der Waals surface area (Å²) in [7, 11) is 0. The molecule has 180 valence electrons. The van der Waals surface area contributed by atoms with Gasteiger partial charge in [-0.15, -0.1) is 0 Å². The van der Waals surface area contributed by atoms with Gasteiger partial charge in [0.1, 0.15) is 17.9 Å². The summed E-state index contributed by atoms with van der Waals surface area (Å²) in [6, 6.07) is 17.2. The second-order valence-corrected chi connectivity index (χ2v) is 9.80. The first kappa shape index (κ1) is 22.8. The Morgan fingerprint density at radius 3 is 2.51 bits per heavy atom. The zero-order valence-corrected chi connectivity index (χ0v) is 20.1. The lowest BCUT2D eigenvalue weighted by atomic mass is 9.81. The summed E-state index contributed by atoms with van der Waals surface area (Å²) in [6.45, 7) is 6.60. The van der Waals surface area contributed by atoms with Gasteiger partial charge in [-0.1, -0.05) is 30.3 Å². The average Bonchev–Trinajstić information content (AvgIpc) is 3.26. The van der Waals surface area contributed by atoms with Crippen molar-refractivity contribution in [1.82, 2.24) is 20.5 Å². The van der Waals surface area contributed by atoms with E-state index in [1.807, 2.05) is 68.4 Å². The Morgan fingerprint density at radius 1 is 1.06 bits per heavy atom. The molecule has 2 aromatic carbocycles. The molecule has 0 bridgehead atoms. The van der Waals surface area contributed by atoms with E-state index in [4.69, 9.17) is 4.74 Å². The van der Waals surface area contributed by atoms with Gasteiger partial charge >= 0.3 is 6.03 Å². The number of carbonyl (C=O) groups excluding carboxylic acids is 3. The third-order valence-electron chi connectivity index (χ3n) is 7.08. The van der Waals surface area contributed by atoms with Crippen molar-refractivity contribution in [2.75, 3.05) is 13.1 Å². The van der Waals surface area contributed by atoms with E-state index >= 15 is 0 Å². The van der Waals surface area contributed by atoms with E-state index in [2.05, 4.69) is 15.6 Å². The number of urea groups is 1. The maximum absolute atomic E-state index is 13.3. The molecule has 3 aromatic rings. The number of hydrogen-bond donors (Lipinski definition) is 2. The molecule has 3 heterocycles. The summed E-state index contributed by atoms with van der Waals surface area (Å²) in [5.41, 5.74) is 2.04. The smallest absolute Gasteiger partial charge is 0.322 e. The first-order chi connectivity index (χ1) is 16.7. The van der Waals surface area contributed by atoms with Crippen LogP contribution in [0.2, 0.25) is 0 Å². The van der Waals surface area contributed by atoms with E-state index in [1.54, 1.807) is 11.8 Å². The van der Waals surface area contributed by atoms with Crippen LogP contribution in [-0.2, 0) is 21.6 Å². The van der Waals surface area contributed by atoms with Gasteiger partial charge < -0.3 is 15.0 Å². The fraction of sp³-hybridized carbons (Fsp3) is 0.333. The first-order valence-corrected chi connectivity index (χ1v) is 11.7. The largest absolute Gasteiger partial charge is 0.489 e. The highest BCUT2D eigenvalue weighted by atomic mass is 16.5. The van der Waals surface area contributed by atoms with Gasteiger partial charge in [0, 0.05) is 23.2 Å². The minimum atomic E-state index is -1.12. The molecule has 2 atom stereocenters. The predicted molar refractivity (Wildman–Crippen MR) is 131 cm³/mol. The molecule has 8 heteroatoms. The summed E-state index contributed by atoms with van der Waals surface area (Å²) < 4.78 is 6.07. The van der Waals surface area contributed by atoms with Crippen LogP contribution in [0.1, 0.15) is 37.1 Å². The zero-order valence-electron chi connectivity index (χ0n) is 20.1. The van der Waals surface area contributed by atoms with Crippen molar-refractivity contribution in [2.24, 2.45) is 0 Å². The summed E-state index contributed by atoms with van der Waals surface area (Å²) in [6.07, 6.45) is 0.625. The number of para-hydroxylation sites is 1. The van der Waals surface area contributed by atoms with E-state index < -0.39 is 22.9 Å². The number of nitrogens with one attached hydrogen (secondary N) is 2. The molecule has 2 aliphatic heterocycles. The number of benzene rings is 2. The molecule has 0 spiro atoms. The van der Waals surface area contributed by atoms with Crippen LogP contribution in [0.3, 0.4) is 0 Å². The SMILES string of the molecule is Cc1cc(COc2ccc(C3(C)CCN(CC4(C)NC(=O)NC4=O)C3=O)cc2)c2ccccc2n1. The molecule has 2 fully saturated rings. The van der Waals surface area contributed by atoms with E-state index in [9.17, 15) is 14.4 Å². The van der Waals surface area contributed by atoms with Crippen LogP contribution >= 0.6 is 0 Å². The van der Waals surface area contributed by atoms with E-state index in [0.717, 1.165) is 33.5 Å². The molecule has 1 aromatic heterocycles. The lowest BCUT2D eigenvalue weighted by Crippen LogP contribution is -2.54. The number of aromatic nitrogens is 1. The third kappa shape index (κ3) is 4.09. The van der Waals surface area contributed by atoms with Crippen LogP contribution in [-0.4, -0.2) is 46.4 Å². The number of imide groups is 1. The van der Waals surface area contributed by atoms with Crippen LogP contribution in [0.15, 0.2) is 54.6 Å². The third-order valence-corrected chi connectivity index (χ3v) is 7.08. The molecule has 2 saturated heterocycles. The Labute approximate surface area is 203 Å². The van der Waals surface area contributed by atoms with E-state index in [-0.39, 0.29) is 12.5 Å². The van der Waals surface area contributed by atoms with Crippen LogP contribution in [0.5, 0.6) is 5.75 Å². The topological polar surface area (TPSA) is 101 Å². The van der Waals surface area contributed by atoms with Gasteiger partial charge in [-0.3, -0.25) is 19.9 Å². The van der Waals surface area contributed by atoms with Crippen molar-refractivity contribution >= 4 is 28.7 Å². The molecule has 0 radical (unpaired) electrons. The number of pyridine rings is 1. The van der Waals surface area contributed by atoms with Gasteiger partial charge in [-0.25, -0.2) is 4.79 Å². The Hall–Kier alpha value is -3.94. The van der Waals surface area contributed by atoms with Gasteiger partial charge in [0.25, 0.3) is 5.91 Å². The molecule has 4 amide bonds. The number of hydrogen-bond acceptors (Lipinski definition) is 5. The fourth-order valence-corrected chi connectivity index (χ4v) is 5.00. The molecule has 2 N–H and O–H groups in total. The Kier molecular flexibility index (Phi) is 5.46. The Bertz CT molecular complexity index is 1340. The maximum atomic E-state index is 13.3. The van der Waals surface area contributed by atoms with Crippen LogP contribution in [0.4, 0.5) is 4.79 Å². The van der Waals surface area contributed by atoms with Gasteiger partial charge in [-0.2, -0.15) is 0 Å². The van der Waals surface area contributed by atoms with Crippen LogP contribution in [0, 0.1) is 6.92 Å². The minimum Gasteiger partial charge on any atom is -0.489 e. The second-order valence-electron chi connectivity index (χ2n) is 9.80. The Balaban J connectivity index is 1.28. The minimum absolute atomic E-state index is 0.0555. The number of rotatable bonds is 6. The highest BCUT2D eigenvalue weighted by Gasteiger charge is 2.49. The summed E-state index contributed by atoms with van der Waals surface area (Å²) in [5.74, 6) is 0.249. The number of amides is 4. The second kappa shape index (κ2) is 8.37. The highest BCUT2D eigenvalue weighted by Crippen LogP contribution is 2.37. The number of nitrogens with zero attached hydrogens (tertiary/aromatic N) is 2. The highest BCUT2D eigenvalue weighted by molar-refractivity contribution is 6.07. The van der Waals surface area contributed by atoms with Crippen molar-refractivity contribution in [3.8, 4) is 5.75 Å². The van der Waals surface area contributed by atoms with Gasteiger partial charge in [0.05, 0.1) is 17.5 Å². The normalized spacial score (nSPS) is 24.1. The molecule has 35 heavy (non-hydrogen) atoms. The molecule has 8 nitrogen and oxygen atoms in total. The molecule has 2 unspecified atom stereocenters. The number of fused-ring (bicyclic) bond motifs is 1. The average molecular weight is 473 g/mol. The summed E-state index contributed by atoms with van der Waals surface area (Å²) >= 11 is 0. The Morgan fingerprint density at radius 2 is 1.80 bits per heavy atom. The van der Waals surface area contributed by atoms with Crippen LogP contribution < -0.4 is 15.4 Å². The van der Waals surface area contributed by atoms with Gasteiger partial charge in [0.15, 0.2) is 0 Å². The van der Waals surface area contributed by atoms with Crippen molar-refractivity contribution in [3.05, 3.63) is 71.4 Å². The van der Waals surface area contributed by atoms with E-state index in [0.29, 0.717) is 19.6 Å². The van der Waals surface area contributed by atoms with Crippen molar-refractivity contribution < 1.29 is 19.1 Å². The molecule has 0 saturated carbocycles. The zero-order chi connectivity index (χ0) is 24.8. The lowest BCUT2D eigenvalue weighted by Gasteiger charge is -2.29. The first-order valence-electron chi connectivity index (χ1n) is 11.7. The maximum Gasteiger partial charge on any atom is 0.322 e. The quantitative estimate of drug-likeness (QED) is 0.537. The molecule has 5 rings (SSSR count). The summed E-state index contributed by atoms with van der Waals surface area (Å²) in [5, 5.41) is 5.95. The predicted octanol–water partition coefficient (Wildman–Crippen LogP) is 3.21. The number of ether oxygens (including phenoxy) is 1. The molecule has 0 aliphatic carbocycles. The lowest BCUT2D eigenvalue weighted by molar-refractivity contribution is -0.134. The number of aryl methyl sites for hydroxylation is 1. The number of carbonyl (C=O) groups is 3. The van der Waals surface area contributed by atoms with Crippen molar-refractivity contribution in [1.29, 1.82) is 0 Å². The van der Waals surface area contributed by atoms with Crippen LogP contribution in [0.25, 0.3) is 10.9 Å². The molecular formula is C27H28N4O4. The molecule has 2 aliphatic rings. The summed E-state index contributed by atoms with van der Waals surface area (Å²) in [4.78, 5) is 43.3. The van der Waals surface area contributed by atoms with Crippen molar-refractivity contribution in [2.45, 2.75) is 44.8 Å². The van der Waals surface area contributed by atoms with Crippen molar-refractivity contribution in [3.63, 3.8) is 0 Å².